The molecule has 3 aromatic carbocycles. The number of benzene rings is 3. The van der Waals surface area contributed by atoms with Crippen LogP contribution in [0.25, 0.3) is 10.8 Å². The number of nitrogens with one attached hydrogen (secondary N) is 3. The number of carbonyl (C=O) groups is 4. The molecule has 1 atom stereocenters. The molecular formula is C28H29N3O5. The molecule has 0 heterocycles. The largest absolute Gasteiger partial charge is 0.466 e. The Morgan fingerprint density at radius 3 is 2.33 bits per heavy atom. The van der Waals surface area contributed by atoms with Gasteiger partial charge in [-0.05, 0) is 41.8 Å². The molecule has 0 fully saturated rings. The molecule has 3 rings (SSSR count). The molecule has 0 unspecified atom stereocenters. The molecule has 8 nitrogen and oxygen atoms in total. The van der Waals surface area contributed by atoms with Crippen LogP contribution < -0.4 is 16.0 Å². The van der Waals surface area contributed by atoms with E-state index in [-0.39, 0.29) is 25.0 Å². The standard InChI is InChI=1S/C28H29N3O5/c1-18(28(35)36-3)15-16-29-26(33)27(34)30-17-21-10-5-7-13-24(21)25(32)31-19(2)22-14-8-11-20-9-4-6-12-23(20)22/h4-15,19H,16-17H2,1-3H3,(H,29,33)(H,30,34)(H,31,32)/b18-15+/t19-/m1/s1. The number of methoxy groups -OCH3 is 1. The Morgan fingerprint density at radius 2 is 1.56 bits per heavy atom. The monoisotopic (exact) mass is 487 g/mol. The van der Waals surface area contributed by atoms with Gasteiger partial charge in [0, 0.05) is 24.2 Å². The van der Waals surface area contributed by atoms with Gasteiger partial charge in [-0.3, -0.25) is 14.4 Å². The maximum Gasteiger partial charge on any atom is 0.333 e. The molecule has 186 valence electrons. The Kier molecular flexibility index (Phi) is 8.94. The van der Waals surface area contributed by atoms with Crippen molar-refractivity contribution in [2.45, 2.75) is 26.4 Å². The van der Waals surface area contributed by atoms with Crippen molar-refractivity contribution >= 4 is 34.5 Å². The topological polar surface area (TPSA) is 114 Å². The molecule has 36 heavy (non-hydrogen) atoms. The van der Waals surface area contributed by atoms with Crippen LogP contribution in [-0.4, -0.2) is 37.3 Å². The second kappa shape index (κ2) is 12.3. The first-order valence-corrected chi connectivity index (χ1v) is 11.5. The van der Waals surface area contributed by atoms with E-state index in [0.717, 1.165) is 16.3 Å². The fraction of sp³-hybridized carbons (Fsp3) is 0.214. The predicted molar refractivity (Wildman–Crippen MR) is 137 cm³/mol. The van der Waals surface area contributed by atoms with Crippen molar-refractivity contribution in [3.63, 3.8) is 0 Å². The number of rotatable bonds is 8. The Hall–Kier alpha value is -4.46. The van der Waals surface area contributed by atoms with Crippen LogP contribution in [0.3, 0.4) is 0 Å². The highest BCUT2D eigenvalue weighted by atomic mass is 16.5. The summed E-state index contributed by atoms with van der Waals surface area (Å²) in [6.07, 6.45) is 1.45. The second-order valence-corrected chi connectivity index (χ2v) is 8.19. The fourth-order valence-electron chi connectivity index (χ4n) is 3.75. The first kappa shape index (κ1) is 26.2. The summed E-state index contributed by atoms with van der Waals surface area (Å²) in [7, 11) is 1.26. The Bertz CT molecular complexity index is 1310. The lowest BCUT2D eigenvalue weighted by molar-refractivity contribution is -0.139. The van der Waals surface area contributed by atoms with Gasteiger partial charge in [0.2, 0.25) is 0 Å². The van der Waals surface area contributed by atoms with Crippen LogP contribution in [-0.2, 0) is 25.7 Å². The molecule has 3 N–H and O–H groups in total. The van der Waals surface area contributed by atoms with E-state index in [1.165, 1.54) is 13.2 Å². The highest BCUT2D eigenvalue weighted by Gasteiger charge is 2.18. The summed E-state index contributed by atoms with van der Waals surface area (Å²) in [5.74, 6) is -2.50. The molecule has 0 aliphatic rings. The SMILES string of the molecule is COC(=O)/C(C)=C/CNC(=O)C(=O)NCc1ccccc1C(=O)N[C@H](C)c1cccc2ccccc12. The van der Waals surface area contributed by atoms with Crippen molar-refractivity contribution in [3.8, 4) is 0 Å². The molecule has 0 aliphatic heterocycles. The van der Waals surface area contributed by atoms with Crippen molar-refractivity contribution in [2.75, 3.05) is 13.7 Å². The molecule has 8 heteroatoms. The predicted octanol–water partition coefficient (Wildman–Crippen LogP) is 3.18. The average molecular weight is 488 g/mol. The maximum atomic E-state index is 13.1. The molecule has 0 spiro atoms. The van der Waals surface area contributed by atoms with Crippen LogP contribution in [0, 0.1) is 0 Å². The van der Waals surface area contributed by atoms with E-state index in [2.05, 4.69) is 20.7 Å². The molecule has 0 saturated heterocycles. The van der Waals surface area contributed by atoms with Crippen molar-refractivity contribution in [1.29, 1.82) is 0 Å². The number of ether oxygens (including phenoxy) is 1. The molecule has 0 aromatic heterocycles. The quantitative estimate of drug-likeness (QED) is 0.257. The van der Waals surface area contributed by atoms with Crippen LogP contribution in [0.2, 0.25) is 0 Å². The van der Waals surface area contributed by atoms with Gasteiger partial charge in [0.1, 0.15) is 0 Å². The van der Waals surface area contributed by atoms with Gasteiger partial charge in [-0.15, -0.1) is 0 Å². The number of carbonyl (C=O) groups excluding carboxylic acids is 4. The van der Waals surface area contributed by atoms with Crippen molar-refractivity contribution < 1.29 is 23.9 Å². The third-order valence-corrected chi connectivity index (χ3v) is 5.72. The lowest BCUT2D eigenvalue weighted by Gasteiger charge is -2.18. The summed E-state index contributed by atoms with van der Waals surface area (Å²) in [4.78, 5) is 48.7. The lowest BCUT2D eigenvalue weighted by Crippen LogP contribution is -2.40. The highest BCUT2D eigenvalue weighted by molar-refractivity contribution is 6.35. The molecule has 3 amide bonds. The summed E-state index contributed by atoms with van der Waals surface area (Å²) in [6, 6.07) is 20.6. The van der Waals surface area contributed by atoms with Crippen molar-refractivity contribution in [1.82, 2.24) is 16.0 Å². The molecule has 0 radical (unpaired) electrons. The van der Waals surface area contributed by atoms with E-state index < -0.39 is 17.8 Å². The van der Waals surface area contributed by atoms with Crippen LogP contribution in [0.1, 0.15) is 41.4 Å². The number of amides is 3. The van der Waals surface area contributed by atoms with Gasteiger partial charge in [0.25, 0.3) is 5.91 Å². The zero-order valence-electron chi connectivity index (χ0n) is 20.5. The highest BCUT2D eigenvalue weighted by Crippen LogP contribution is 2.24. The van der Waals surface area contributed by atoms with Crippen LogP contribution in [0.4, 0.5) is 0 Å². The van der Waals surface area contributed by atoms with E-state index in [1.54, 1.807) is 31.2 Å². The van der Waals surface area contributed by atoms with Crippen molar-refractivity contribution in [3.05, 3.63) is 95.1 Å². The molecule has 0 bridgehead atoms. The smallest absolute Gasteiger partial charge is 0.333 e. The van der Waals surface area contributed by atoms with Crippen LogP contribution in [0.15, 0.2) is 78.4 Å². The van der Waals surface area contributed by atoms with E-state index in [0.29, 0.717) is 16.7 Å². The van der Waals surface area contributed by atoms with Gasteiger partial charge in [-0.25, -0.2) is 4.79 Å². The van der Waals surface area contributed by atoms with E-state index in [9.17, 15) is 19.2 Å². The zero-order valence-corrected chi connectivity index (χ0v) is 20.5. The third kappa shape index (κ3) is 6.56. The fourth-order valence-corrected chi connectivity index (χ4v) is 3.75. The van der Waals surface area contributed by atoms with Crippen LogP contribution in [0.5, 0.6) is 0 Å². The zero-order chi connectivity index (χ0) is 26.1. The van der Waals surface area contributed by atoms with Gasteiger partial charge < -0.3 is 20.7 Å². The van der Waals surface area contributed by atoms with Gasteiger partial charge in [-0.1, -0.05) is 66.7 Å². The summed E-state index contributed by atoms with van der Waals surface area (Å²) in [5, 5.41) is 10.1. The second-order valence-electron chi connectivity index (χ2n) is 8.19. The van der Waals surface area contributed by atoms with Gasteiger partial charge in [0.05, 0.1) is 13.2 Å². The van der Waals surface area contributed by atoms with Gasteiger partial charge >= 0.3 is 17.8 Å². The minimum absolute atomic E-state index is 0.00175. The minimum atomic E-state index is -0.851. The third-order valence-electron chi connectivity index (χ3n) is 5.72. The summed E-state index contributed by atoms with van der Waals surface area (Å²) >= 11 is 0. The van der Waals surface area contributed by atoms with E-state index >= 15 is 0 Å². The van der Waals surface area contributed by atoms with Crippen LogP contribution >= 0.6 is 0 Å². The normalized spacial score (nSPS) is 11.9. The molecule has 0 saturated carbocycles. The Morgan fingerprint density at radius 1 is 0.889 bits per heavy atom. The Balaban J connectivity index is 1.62. The number of fused-ring (bicyclic) bond motifs is 1. The molecule has 3 aromatic rings. The summed E-state index contributed by atoms with van der Waals surface area (Å²) < 4.78 is 4.57. The van der Waals surface area contributed by atoms with Crippen molar-refractivity contribution in [2.24, 2.45) is 0 Å². The molecule has 0 aliphatic carbocycles. The number of hydrogen-bond acceptors (Lipinski definition) is 5. The number of esters is 1. The maximum absolute atomic E-state index is 13.1. The lowest BCUT2D eigenvalue weighted by atomic mass is 9.99. The summed E-state index contributed by atoms with van der Waals surface area (Å²) in [5.41, 5.74) is 2.29. The number of hydrogen-bond donors (Lipinski definition) is 3. The Labute approximate surface area is 209 Å². The van der Waals surface area contributed by atoms with Gasteiger partial charge in [-0.2, -0.15) is 0 Å². The van der Waals surface area contributed by atoms with Gasteiger partial charge in [0.15, 0.2) is 0 Å². The first-order valence-electron chi connectivity index (χ1n) is 11.5. The molecular weight excluding hydrogens is 458 g/mol. The average Bonchev–Trinajstić information content (AvgIpc) is 2.90. The van der Waals surface area contributed by atoms with E-state index in [1.807, 2.05) is 49.4 Å². The first-order chi connectivity index (χ1) is 17.3. The summed E-state index contributed by atoms with van der Waals surface area (Å²) in [6.45, 7) is 3.46. The van der Waals surface area contributed by atoms with E-state index in [4.69, 9.17) is 0 Å². The minimum Gasteiger partial charge on any atom is -0.466 e.